The summed E-state index contributed by atoms with van der Waals surface area (Å²) in [6, 6.07) is -0.637. The fourth-order valence-corrected chi connectivity index (χ4v) is 10.1. The molecule has 0 aliphatic heterocycles. The van der Waals surface area contributed by atoms with Crippen molar-refractivity contribution in [3.05, 3.63) is 36.5 Å². The molecule has 0 aromatic carbocycles. The first-order valence-electron chi connectivity index (χ1n) is 32.8. The van der Waals surface area contributed by atoms with Crippen molar-refractivity contribution in [3.63, 3.8) is 0 Å². The summed E-state index contributed by atoms with van der Waals surface area (Å²) in [5, 5.41) is 23.2. The Morgan fingerprint density at radius 2 is 0.644 bits per heavy atom. The van der Waals surface area contributed by atoms with E-state index in [2.05, 4.69) is 43.5 Å². The lowest BCUT2D eigenvalue weighted by molar-refractivity contribution is -0.143. The standard InChI is InChI=1S/C67H127NO5/c1-3-5-7-9-11-13-15-17-19-21-22-23-25-28-31-35-39-43-47-51-55-59-65(70)64(63-69)68-66(71)60-56-52-48-44-40-36-32-29-26-24-27-30-34-38-42-46-50-54-58-62-73-67(72)61-57-53-49-45-41-37-33-20-18-16-14-12-10-8-6-4-2/h20,24,26,33,55,59,64-65,69-70H,3-19,21-23,25,27-32,34-54,56-58,60-63H2,1-2H3,(H,68,71)/b26-24-,33-20-,59-55+. The quantitative estimate of drug-likeness (QED) is 0.0320. The van der Waals surface area contributed by atoms with Crippen LogP contribution < -0.4 is 5.32 Å². The molecule has 0 aliphatic carbocycles. The van der Waals surface area contributed by atoms with Crippen molar-refractivity contribution in [1.29, 1.82) is 0 Å². The van der Waals surface area contributed by atoms with Gasteiger partial charge in [-0.1, -0.05) is 294 Å². The number of aliphatic hydroxyl groups is 2. The summed E-state index contributed by atoms with van der Waals surface area (Å²) < 4.78 is 5.48. The lowest BCUT2D eigenvalue weighted by atomic mass is 10.0. The van der Waals surface area contributed by atoms with Gasteiger partial charge in [-0.15, -0.1) is 0 Å². The maximum absolute atomic E-state index is 12.5. The summed E-state index contributed by atoms with van der Waals surface area (Å²) in [6.45, 7) is 4.91. The fraction of sp³-hybridized carbons (Fsp3) is 0.881. The van der Waals surface area contributed by atoms with E-state index in [1.807, 2.05) is 6.08 Å². The summed E-state index contributed by atoms with van der Waals surface area (Å²) >= 11 is 0. The van der Waals surface area contributed by atoms with Gasteiger partial charge in [0.2, 0.25) is 5.91 Å². The summed E-state index contributed by atoms with van der Waals surface area (Å²) in [4.78, 5) is 24.6. The lowest BCUT2D eigenvalue weighted by Crippen LogP contribution is -2.45. The number of rotatable bonds is 61. The van der Waals surface area contributed by atoms with Gasteiger partial charge in [-0.25, -0.2) is 0 Å². The third-order valence-corrected chi connectivity index (χ3v) is 15.1. The highest BCUT2D eigenvalue weighted by molar-refractivity contribution is 5.76. The van der Waals surface area contributed by atoms with Crippen molar-refractivity contribution in [3.8, 4) is 0 Å². The zero-order chi connectivity index (χ0) is 52.9. The number of carbonyl (C=O) groups excluding carboxylic acids is 2. The van der Waals surface area contributed by atoms with Gasteiger partial charge < -0.3 is 20.3 Å². The number of hydrogen-bond donors (Lipinski definition) is 3. The van der Waals surface area contributed by atoms with Crippen molar-refractivity contribution in [2.75, 3.05) is 13.2 Å². The summed E-state index contributed by atoms with van der Waals surface area (Å²) in [6.07, 6.45) is 79.0. The third kappa shape index (κ3) is 59.2. The van der Waals surface area contributed by atoms with E-state index in [-0.39, 0.29) is 18.5 Å². The van der Waals surface area contributed by atoms with Crippen molar-refractivity contribution < 1.29 is 24.5 Å². The molecule has 0 fully saturated rings. The van der Waals surface area contributed by atoms with Gasteiger partial charge in [-0.3, -0.25) is 9.59 Å². The molecule has 0 heterocycles. The number of amides is 1. The van der Waals surface area contributed by atoms with Crippen LogP contribution in [0.3, 0.4) is 0 Å². The van der Waals surface area contributed by atoms with Crippen LogP contribution >= 0.6 is 0 Å². The van der Waals surface area contributed by atoms with Gasteiger partial charge in [0.05, 0.1) is 25.4 Å². The molecule has 3 N–H and O–H groups in total. The predicted molar refractivity (Wildman–Crippen MR) is 319 cm³/mol. The third-order valence-electron chi connectivity index (χ3n) is 15.1. The second-order valence-corrected chi connectivity index (χ2v) is 22.4. The normalized spacial score (nSPS) is 12.8. The first kappa shape index (κ1) is 71.1. The molecule has 0 radical (unpaired) electrons. The molecule has 0 bridgehead atoms. The van der Waals surface area contributed by atoms with Crippen LogP contribution in [0.25, 0.3) is 0 Å². The van der Waals surface area contributed by atoms with Gasteiger partial charge in [0.25, 0.3) is 0 Å². The summed E-state index contributed by atoms with van der Waals surface area (Å²) in [5.74, 6) is -0.0788. The van der Waals surface area contributed by atoms with Gasteiger partial charge in [-0.2, -0.15) is 0 Å². The fourth-order valence-electron chi connectivity index (χ4n) is 10.1. The maximum Gasteiger partial charge on any atom is 0.305 e. The predicted octanol–water partition coefficient (Wildman–Crippen LogP) is 20.8. The van der Waals surface area contributed by atoms with E-state index >= 15 is 0 Å². The van der Waals surface area contributed by atoms with E-state index in [0.29, 0.717) is 19.4 Å². The molecule has 0 aliphatic rings. The molecule has 0 rings (SSSR count). The van der Waals surface area contributed by atoms with Crippen molar-refractivity contribution in [2.24, 2.45) is 0 Å². The number of nitrogens with one attached hydrogen (secondary N) is 1. The average molecular weight is 1030 g/mol. The average Bonchev–Trinajstić information content (AvgIpc) is 3.39. The number of ether oxygens (including phenoxy) is 1. The highest BCUT2D eigenvalue weighted by atomic mass is 16.5. The number of allylic oxidation sites excluding steroid dienone is 5. The van der Waals surface area contributed by atoms with Crippen LogP contribution in [0.4, 0.5) is 0 Å². The molecule has 6 nitrogen and oxygen atoms in total. The monoisotopic (exact) mass is 1030 g/mol. The van der Waals surface area contributed by atoms with Crippen LogP contribution in [0.2, 0.25) is 0 Å². The molecule has 0 aromatic rings. The minimum atomic E-state index is -0.852. The first-order chi connectivity index (χ1) is 36.0. The molecule has 6 heteroatoms. The molecule has 0 saturated carbocycles. The highest BCUT2D eigenvalue weighted by Crippen LogP contribution is 2.17. The molecular formula is C67H127NO5. The van der Waals surface area contributed by atoms with Crippen molar-refractivity contribution >= 4 is 11.9 Å². The Morgan fingerprint density at radius 3 is 0.973 bits per heavy atom. The molecular weight excluding hydrogens is 899 g/mol. The number of carbonyl (C=O) groups is 2. The Kier molecular flexibility index (Phi) is 61.0. The molecule has 430 valence electrons. The van der Waals surface area contributed by atoms with Gasteiger partial charge in [0, 0.05) is 12.8 Å². The second-order valence-electron chi connectivity index (χ2n) is 22.4. The molecule has 0 saturated heterocycles. The van der Waals surface area contributed by atoms with Crippen LogP contribution in [0, 0.1) is 0 Å². The smallest absolute Gasteiger partial charge is 0.305 e. The topological polar surface area (TPSA) is 95.9 Å². The Hall–Kier alpha value is -1.92. The van der Waals surface area contributed by atoms with E-state index in [1.54, 1.807) is 6.08 Å². The zero-order valence-corrected chi connectivity index (χ0v) is 49.1. The van der Waals surface area contributed by atoms with Crippen LogP contribution in [-0.4, -0.2) is 47.4 Å². The van der Waals surface area contributed by atoms with Crippen LogP contribution in [0.15, 0.2) is 36.5 Å². The lowest BCUT2D eigenvalue weighted by Gasteiger charge is -2.20. The molecule has 0 aromatic heterocycles. The van der Waals surface area contributed by atoms with E-state index in [1.165, 1.54) is 276 Å². The SMILES string of the molecule is CCCCCCCCC/C=C\CCCCCCCC(=O)OCCCCCCCCCC/C=C\CCCCCCCCCC(=O)NC(CO)C(O)/C=C/CCCCCCCCCCCCCCCCCCCCC. The minimum absolute atomic E-state index is 0.00381. The van der Waals surface area contributed by atoms with Gasteiger partial charge >= 0.3 is 5.97 Å². The minimum Gasteiger partial charge on any atom is -0.466 e. The molecule has 2 unspecified atom stereocenters. The van der Waals surface area contributed by atoms with Crippen LogP contribution in [-0.2, 0) is 14.3 Å². The van der Waals surface area contributed by atoms with Crippen LogP contribution in [0.1, 0.15) is 354 Å². The van der Waals surface area contributed by atoms with Crippen LogP contribution in [0.5, 0.6) is 0 Å². The number of esters is 1. The Bertz CT molecular complexity index is 1180. The molecule has 0 spiro atoms. The molecule has 1 amide bonds. The molecule has 73 heavy (non-hydrogen) atoms. The molecule has 2 atom stereocenters. The maximum atomic E-state index is 12.5. The zero-order valence-electron chi connectivity index (χ0n) is 49.1. The van der Waals surface area contributed by atoms with E-state index in [0.717, 1.165) is 51.4 Å². The van der Waals surface area contributed by atoms with E-state index in [4.69, 9.17) is 4.74 Å². The summed E-state index contributed by atoms with van der Waals surface area (Å²) in [5.41, 5.74) is 0. The number of aliphatic hydroxyl groups excluding tert-OH is 2. The van der Waals surface area contributed by atoms with Gasteiger partial charge in [-0.05, 0) is 83.5 Å². The highest BCUT2D eigenvalue weighted by Gasteiger charge is 2.18. The van der Waals surface area contributed by atoms with Crippen molar-refractivity contribution in [1.82, 2.24) is 5.32 Å². The van der Waals surface area contributed by atoms with E-state index in [9.17, 15) is 19.8 Å². The van der Waals surface area contributed by atoms with Gasteiger partial charge in [0.1, 0.15) is 0 Å². The van der Waals surface area contributed by atoms with Crippen molar-refractivity contribution in [2.45, 2.75) is 366 Å². The first-order valence-corrected chi connectivity index (χ1v) is 32.8. The Labute approximate surface area is 455 Å². The number of unbranched alkanes of at least 4 members (excludes halogenated alkanes) is 46. The summed E-state index contributed by atoms with van der Waals surface area (Å²) in [7, 11) is 0. The Balaban J connectivity index is 3.47. The van der Waals surface area contributed by atoms with E-state index < -0.39 is 12.1 Å². The Morgan fingerprint density at radius 1 is 0.370 bits per heavy atom. The number of hydrogen-bond acceptors (Lipinski definition) is 5. The second kappa shape index (κ2) is 62.6. The van der Waals surface area contributed by atoms with Gasteiger partial charge in [0.15, 0.2) is 0 Å². The largest absolute Gasteiger partial charge is 0.466 e.